The van der Waals surface area contributed by atoms with Crippen molar-refractivity contribution in [2.45, 2.75) is 27.2 Å². The predicted octanol–water partition coefficient (Wildman–Crippen LogP) is 6.71. The van der Waals surface area contributed by atoms with Gasteiger partial charge in [0.25, 0.3) is 0 Å². The van der Waals surface area contributed by atoms with Crippen LogP contribution in [-0.2, 0) is 4.79 Å². The predicted molar refractivity (Wildman–Crippen MR) is 129 cm³/mol. The lowest BCUT2D eigenvalue weighted by Crippen LogP contribution is -1.95. The number of aliphatic carboxylic acids is 1. The summed E-state index contributed by atoms with van der Waals surface area (Å²) >= 11 is 1.82. The Hall–Kier alpha value is -3.44. The van der Waals surface area contributed by atoms with Crippen LogP contribution in [0, 0.1) is 13.8 Å². The van der Waals surface area contributed by atoms with E-state index in [1.54, 1.807) is 6.08 Å². The molecule has 4 rings (SSSR count). The van der Waals surface area contributed by atoms with E-state index in [4.69, 9.17) is 5.11 Å². The first-order chi connectivity index (χ1) is 15.0. The number of carbonyl (C=O) groups is 1. The average Bonchev–Trinajstić information content (AvgIpc) is 3.35. The number of nitrogens with one attached hydrogen (secondary N) is 1. The monoisotopic (exact) mass is 428 g/mol. The van der Waals surface area contributed by atoms with E-state index >= 15 is 0 Å². The summed E-state index contributed by atoms with van der Waals surface area (Å²) < 4.78 is 0. The average molecular weight is 429 g/mol. The summed E-state index contributed by atoms with van der Waals surface area (Å²) in [6, 6.07) is 16.7. The van der Waals surface area contributed by atoms with E-state index < -0.39 is 5.97 Å². The number of nitrogens with zero attached hydrogens (tertiary/aromatic N) is 1. The van der Waals surface area contributed by atoms with Gasteiger partial charge in [0.2, 0.25) is 0 Å². The van der Waals surface area contributed by atoms with Crippen LogP contribution in [-0.4, -0.2) is 21.3 Å². The third-order valence-electron chi connectivity index (χ3n) is 5.37. The second-order valence-corrected chi connectivity index (χ2v) is 8.96. The van der Waals surface area contributed by atoms with Gasteiger partial charge >= 0.3 is 5.97 Å². The fourth-order valence-electron chi connectivity index (χ4n) is 3.97. The Morgan fingerprint density at radius 1 is 1.10 bits per heavy atom. The van der Waals surface area contributed by atoms with Crippen LogP contribution >= 0.6 is 11.3 Å². The van der Waals surface area contributed by atoms with Crippen LogP contribution in [0.1, 0.15) is 45.4 Å². The highest BCUT2D eigenvalue weighted by Gasteiger charge is 2.16. The first-order valence-electron chi connectivity index (χ1n) is 10.2. The molecule has 0 spiro atoms. The molecule has 4 nitrogen and oxygen atoms in total. The SMILES string of the molecule is CCC(=C(c1ccc(C=CC(=O)O)cc1)c1ccc2[nH]ncc2c1)c1cc(C)sc1C. The molecule has 0 atom stereocenters. The molecule has 156 valence electrons. The standard InChI is InChI=1S/C26H24N2O2S/c1-4-22(23-13-16(2)31-17(23)3)26(20-10-11-24-21(14-20)15-27-28-24)19-8-5-18(6-9-19)7-12-25(29)30/h5-15H,4H2,1-3H3,(H,27,28)(H,29,30). The molecule has 0 unspecified atom stereocenters. The number of H-pyrrole nitrogens is 1. The molecule has 2 aromatic carbocycles. The van der Waals surface area contributed by atoms with Gasteiger partial charge < -0.3 is 5.11 Å². The third-order valence-corrected chi connectivity index (χ3v) is 6.33. The van der Waals surface area contributed by atoms with Crippen molar-refractivity contribution in [2.75, 3.05) is 0 Å². The Balaban J connectivity index is 1.92. The van der Waals surface area contributed by atoms with E-state index in [1.807, 2.05) is 29.7 Å². The fourth-order valence-corrected chi connectivity index (χ4v) is 4.93. The second kappa shape index (κ2) is 8.74. The molecule has 0 aliphatic carbocycles. The summed E-state index contributed by atoms with van der Waals surface area (Å²) in [6.45, 7) is 6.52. The summed E-state index contributed by atoms with van der Waals surface area (Å²) in [5.74, 6) is -0.949. The van der Waals surface area contributed by atoms with Gasteiger partial charge in [0.15, 0.2) is 0 Å². The van der Waals surface area contributed by atoms with Gasteiger partial charge in [0, 0.05) is 21.2 Å². The van der Waals surface area contributed by atoms with Crippen molar-refractivity contribution in [3.8, 4) is 0 Å². The number of thiophene rings is 1. The Kier molecular flexibility index (Phi) is 5.87. The number of carboxylic acids is 1. The molecule has 0 amide bonds. The van der Waals surface area contributed by atoms with Crippen molar-refractivity contribution in [1.29, 1.82) is 0 Å². The van der Waals surface area contributed by atoms with Crippen molar-refractivity contribution in [2.24, 2.45) is 0 Å². The van der Waals surface area contributed by atoms with Gasteiger partial charge in [-0.1, -0.05) is 37.3 Å². The number of aryl methyl sites for hydroxylation is 2. The lowest BCUT2D eigenvalue weighted by Gasteiger charge is -2.16. The maximum absolute atomic E-state index is 10.8. The largest absolute Gasteiger partial charge is 0.478 e. The maximum atomic E-state index is 10.8. The Bertz CT molecular complexity index is 1310. The van der Waals surface area contributed by atoms with Crippen LogP contribution in [0.25, 0.3) is 28.1 Å². The molecule has 5 heteroatoms. The number of benzene rings is 2. The number of fused-ring (bicyclic) bond motifs is 1. The van der Waals surface area contributed by atoms with Gasteiger partial charge in [-0.2, -0.15) is 5.10 Å². The molecule has 0 aliphatic rings. The summed E-state index contributed by atoms with van der Waals surface area (Å²) in [6.07, 6.45) is 5.52. The van der Waals surface area contributed by atoms with Gasteiger partial charge in [-0.15, -0.1) is 11.3 Å². The zero-order valence-corrected chi connectivity index (χ0v) is 18.6. The minimum Gasteiger partial charge on any atom is -0.478 e. The number of aromatic amines is 1. The molecule has 2 heterocycles. The summed E-state index contributed by atoms with van der Waals surface area (Å²) in [5.41, 5.74) is 7.91. The van der Waals surface area contributed by atoms with Crippen molar-refractivity contribution >= 4 is 45.4 Å². The van der Waals surface area contributed by atoms with E-state index in [-0.39, 0.29) is 0 Å². The molecule has 2 aromatic heterocycles. The molecule has 4 aromatic rings. The van der Waals surface area contributed by atoms with Crippen LogP contribution in [0.15, 0.2) is 60.8 Å². The second-order valence-electron chi connectivity index (χ2n) is 7.50. The number of carboxylic acid groups (broad SMARTS) is 1. The third kappa shape index (κ3) is 4.37. The van der Waals surface area contributed by atoms with E-state index in [0.717, 1.165) is 40.1 Å². The van der Waals surface area contributed by atoms with Crippen molar-refractivity contribution in [1.82, 2.24) is 10.2 Å². The summed E-state index contributed by atoms with van der Waals surface area (Å²) in [4.78, 5) is 13.5. The molecular weight excluding hydrogens is 404 g/mol. The van der Waals surface area contributed by atoms with Gasteiger partial charge in [0.1, 0.15) is 0 Å². The number of hydrogen-bond acceptors (Lipinski definition) is 3. The molecule has 2 N–H and O–H groups in total. The van der Waals surface area contributed by atoms with E-state index in [0.29, 0.717) is 0 Å². The summed E-state index contributed by atoms with van der Waals surface area (Å²) in [5, 5.41) is 17.2. The van der Waals surface area contributed by atoms with Crippen molar-refractivity contribution in [3.05, 3.63) is 92.8 Å². The van der Waals surface area contributed by atoms with Crippen LogP contribution in [0.4, 0.5) is 0 Å². The van der Waals surface area contributed by atoms with Crippen molar-refractivity contribution in [3.63, 3.8) is 0 Å². The fraction of sp³-hybridized carbons (Fsp3) is 0.154. The normalized spacial score (nSPS) is 12.5. The minimum absolute atomic E-state index is 0.858. The van der Waals surface area contributed by atoms with Crippen molar-refractivity contribution < 1.29 is 9.90 Å². The topological polar surface area (TPSA) is 66.0 Å². The van der Waals surface area contributed by atoms with Crippen LogP contribution in [0.3, 0.4) is 0 Å². The first-order valence-corrected chi connectivity index (χ1v) is 11.0. The van der Waals surface area contributed by atoms with Gasteiger partial charge in [0.05, 0.1) is 11.7 Å². The van der Waals surface area contributed by atoms with Gasteiger partial charge in [-0.05, 0) is 77.9 Å². The minimum atomic E-state index is -0.949. The molecule has 0 saturated heterocycles. The number of hydrogen-bond donors (Lipinski definition) is 2. The molecule has 31 heavy (non-hydrogen) atoms. The Morgan fingerprint density at radius 2 is 1.84 bits per heavy atom. The van der Waals surface area contributed by atoms with Gasteiger partial charge in [-0.25, -0.2) is 4.79 Å². The lowest BCUT2D eigenvalue weighted by molar-refractivity contribution is -0.131. The molecular formula is C26H24N2O2S. The number of allylic oxidation sites excluding steroid dienone is 1. The Morgan fingerprint density at radius 3 is 2.48 bits per heavy atom. The molecule has 0 saturated carbocycles. The van der Waals surface area contributed by atoms with Crippen LogP contribution in [0.5, 0.6) is 0 Å². The van der Waals surface area contributed by atoms with Gasteiger partial charge in [-0.3, -0.25) is 5.10 Å². The lowest BCUT2D eigenvalue weighted by atomic mass is 9.87. The zero-order chi connectivity index (χ0) is 22.0. The Labute approximate surface area is 185 Å². The highest BCUT2D eigenvalue weighted by molar-refractivity contribution is 7.12. The highest BCUT2D eigenvalue weighted by atomic mass is 32.1. The number of aromatic nitrogens is 2. The van der Waals surface area contributed by atoms with E-state index in [9.17, 15) is 4.79 Å². The maximum Gasteiger partial charge on any atom is 0.328 e. The highest BCUT2D eigenvalue weighted by Crippen LogP contribution is 2.38. The number of rotatable bonds is 6. The molecule has 0 bridgehead atoms. The quantitative estimate of drug-likeness (QED) is 0.336. The van der Waals surface area contributed by atoms with E-state index in [2.05, 4.69) is 67.4 Å². The van der Waals surface area contributed by atoms with Crippen LogP contribution < -0.4 is 0 Å². The zero-order valence-electron chi connectivity index (χ0n) is 17.8. The molecule has 0 radical (unpaired) electrons. The smallest absolute Gasteiger partial charge is 0.328 e. The molecule has 0 fully saturated rings. The van der Waals surface area contributed by atoms with Crippen LogP contribution in [0.2, 0.25) is 0 Å². The first kappa shape index (κ1) is 20.8. The van der Waals surface area contributed by atoms with E-state index in [1.165, 1.54) is 26.5 Å². The summed E-state index contributed by atoms with van der Waals surface area (Å²) in [7, 11) is 0. The molecule has 0 aliphatic heterocycles.